The molecule has 4 aromatic carbocycles. The maximum atomic E-state index is 4.42. The first-order valence-electron chi connectivity index (χ1n) is 11.2. The summed E-state index contributed by atoms with van der Waals surface area (Å²) in [5.74, 6) is 0. The number of nitrogens with zero attached hydrogens (tertiary/aromatic N) is 2. The van der Waals surface area contributed by atoms with Gasteiger partial charge in [0.1, 0.15) is 0 Å². The maximum absolute atomic E-state index is 4.42. The molecule has 0 N–H and O–H groups in total. The molecular weight excluding hydrogens is 388 g/mol. The zero-order valence-electron chi connectivity index (χ0n) is 18.1. The molecule has 0 saturated heterocycles. The third kappa shape index (κ3) is 2.12. The largest absolute Gasteiger partial charge is 0.308 e. The van der Waals surface area contributed by atoms with E-state index in [0.29, 0.717) is 0 Å². The van der Waals surface area contributed by atoms with Crippen LogP contribution < -0.4 is 0 Å². The van der Waals surface area contributed by atoms with Gasteiger partial charge in [-0.05, 0) is 51.7 Å². The van der Waals surface area contributed by atoms with Crippen molar-refractivity contribution in [2.75, 3.05) is 0 Å². The van der Waals surface area contributed by atoms with Gasteiger partial charge in [0.2, 0.25) is 0 Å². The van der Waals surface area contributed by atoms with Gasteiger partial charge >= 0.3 is 0 Å². The highest BCUT2D eigenvalue weighted by molar-refractivity contribution is 6.24. The van der Waals surface area contributed by atoms with Gasteiger partial charge in [-0.25, -0.2) is 0 Å². The van der Waals surface area contributed by atoms with Crippen LogP contribution in [0.2, 0.25) is 0 Å². The Labute approximate surface area is 186 Å². The predicted octanol–water partition coefficient (Wildman–Crippen LogP) is 7.64. The first kappa shape index (κ1) is 17.7. The predicted molar refractivity (Wildman–Crippen MR) is 134 cm³/mol. The van der Waals surface area contributed by atoms with Gasteiger partial charge < -0.3 is 4.57 Å². The number of benzene rings is 4. The summed E-state index contributed by atoms with van der Waals surface area (Å²) in [4.78, 5) is 4.42. The minimum Gasteiger partial charge on any atom is -0.308 e. The molecule has 0 bridgehead atoms. The van der Waals surface area contributed by atoms with E-state index in [-0.39, 0.29) is 5.41 Å². The molecule has 2 aromatic heterocycles. The van der Waals surface area contributed by atoms with Crippen LogP contribution in [0.1, 0.15) is 25.0 Å². The van der Waals surface area contributed by atoms with Crippen LogP contribution in [0.3, 0.4) is 0 Å². The third-order valence-electron chi connectivity index (χ3n) is 7.25. The molecule has 0 amide bonds. The second-order valence-electron chi connectivity index (χ2n) is 9.28. The van der Waals surface area contributed by atoms with Crippen LogP contribution in [-0.2, 0) is 5.41 Å². The summed E-state index contributed by atoms with van der Waals surface area (Å²) in [5, 5.41) is 5.29. The lowest BCUT2D eigenvalue weighted by Gasteiger charge is -2.35. The first-order chi connectivity index (χ1) is 15.7. The molecule has 0 aliphatic heterocycles. The fraction of sp³-hybridized carbons (Fsp3) is 0.100. The number of hydrogen-bond donors (Lipinski definition) is 0. The van der Waals surface area contributed by atoms with Gasteiger partial charge in [0.25, 0.3) is 0 Å². The van der Waals surface area contributed by atoms with E-state index in [4.69, 9.17) is 0 Å². The number of pyridine rings is 1. The summed E-state index contributed by atoms with van der Waals surface area (Å²) in [7, 11) is 0. The van der Waals surface area contributed by atoms with Crippen LogP contribution in [0.5, 0.6) is 0 Å². The molecule has 1 aliphatic carbocycles. The van der Waals surface area contributed by atoms with Crippen LogP contribution in [0, 0.1) is 0 Å². The molecule has 32 heavy (non-hydrogen) atoms. The van der Waals surface area contributed by atoms with E-state index in [1.165, 1.54) is 54.8 Å². The van der Waals surface area contributed by atoms with Gasteiger partial charge in [-0.15, -0.1) is 0 Å². The summed E-state index contributed by atoms with van der Waals surface area (Å²) < 4.78 is 2.36. The number of fused-ring (bicyclic) bond motifs is 6. The van der Waals surface area contributed by atoms with Crippen LogP contribution in [0.4, 0.5) is 0 Å². The van der Waals surface area contributed by atoms with Crippen molar-refractivity contribution in [3.8, 4) is 16.8 Å². The Balaban J connectivity index is 1.80. The number of aromatic nitrogens is 2. The van der Waals surface area contributed by atoms with E-state index in [9.17, 15) is 0 Å². The second-order valence-corrected chi connectivity index (χ2v) is 9.28. The highest BCUT2D eigenvalue weighted by Gasteiger charge is 2.34. The molecule has 2 heterocycles. The van der Waals surface area contributed by atoms with Crippen molar-refractivity contribution in [3.63, 3.8) is 0 Å². The Kier molecular flexibility index (Phi) is 3.37. The molecule has 6 aromatic rings. The first-order valence-corrected chi connectivity index (χ1v) is 11.2. The Bertz CT molecular complexity index is 1690. The molecule has 0 radical (unpaired) electrons. The molecule has 2 heteroatoms. The van der Waals surface area contributed by atoms with Crippen molar-refractivity contribution >= 4 is 32.6 Å². The van der Waals surface area contributed by atoms with Crippen molar-refractivity contribution in [1.29, 1.82) is 0 Å². The maximum Gasteiger partial charge on any atom is 0.0645 e. The van der Waals surface area contributed by atoms with Gasteiger partial charge in [-0.3, -0.25) is 4.98 Å². The van der Waals surface area contributed by atoms with Crippen molar-refractivity contribution in [2.24, 2.45) is 0 Å². The summed E-state index contributed by atoms with van der Waals surface area (Å²) in [6.07, 6.45) is 3.79. The lowest BCUT2D eigenvalue weighted by atomic mass is 9.68. The van der Waals surface area contributed by atoms with E-state index in [0.717, 1.165) is 5.69 Å². The molecule has 2 nitrogen and oxygen atoms in total. The van der Waals surface area contributed by atoms with E-state index < -0.39 is 0 Å². The molecule has 0 atom stereocenters. The molecule has 152 valence electrons. The summed E-state index contributed by atoms with van der Waals surface area (Å²) >= 11 is 0. The van der Waals surface area contributed by atoms with Crippen molar-refractivity contribution in [2.45, 2.75) is 19.3 Å². The molecule has 0 unspecified atom stereocenters. The minimum absolute atomic E-state index is 0.0432. The minimum atomic E-state index is -0.0432. The van der Waals surface area contributed by atoms with E-state index >= 15 is 0 Å². The summed E-state index contributed by atoms with van der Waals surface area (Å²) in [6, 6.07) is 31.0. The number of para-hydroxylation sites is 1. The zero-order chi connectivity index (χ0) is 21.4. The van der Waals surface area contributed by atoms with Crippen LogP contribution in [0.25, 0.3) is 49.4 Å². The fourth-order valence-electron chi connectivity index (χ4n) is 5.85. The molecule has 1 aliphatic rings. The highest BCUT2D eigenvalue weighted by atomic mass is 15.0. The zero-order valence-corrected chi connectivity index (χ0v) is 18.1. The molecule has 0 saturated carbocycles. The smallest absolute Gasteiger partial charge is 0.0645 e. The summed E-state index contributed by atoms with van der Waals surface area (Å²) in [6.45, 7) is 4.71. The van der Waals surface area contributed by atoms with Crippen molar-refractivity contribution in [1.82, 2.24) is 9.55 Å². The quantitative estimate of drug-likeness (QED) is 0.272. The van der Waals surface area contributed by atoms with Crippen molar-refractivity contribution < 1.29 is 0 Å². The van der Waals surface area contributed by atoms with Gasteiger partial charge in [0, 0.05) is 27.9 Å². The SMILES string of the molecule is CC1(C)c2ccccc2-c2c3c1cccc3cc1c2c2ccccc2n1-c1cccnc1. The highest BCUT2D eigenvalue weighted by Crippen LogP contribution is 2.52. The van der Waals surface area contributed by atoms with Gasteiger partial charge in [-0.2, -0.15) is 0 Å². The summed E-state index contributed by atoms with van der Waals surface area (Å²) in [5.41, 5.74) is 9.00. The Morgan fingerprint density at radius 3 is 2.41 bits per heavy atom. The number of rotatable bonds is 1. The van der Waals surface area contributed by atoms with E-state index in [1.807, 2.05) is 18.5 Å². The Hall–Kier alpha value is -3.91. The second kappa shape index (κ2) is 6.08. The van der Waals surface area contributed by atoms with Crippen LogP contribution in [-0.4, -0.2) is 9.55 Å². The Morgan fingerprint density at radius 2 is 1.53 bits per heavy atom. The van der Waals surface area contributed by atoms with Gasteiger partial charge in [-0.1, -0.05) is 74.5 Å². The van der Waals surface area contributed by atoms with E-state index in [1.54, 1.807) is 0 Å². The molecule has 7 rings (SSSR count). The molecule has 0 fully saturated rings. The van der Waals surface area contributed by atoms with Gasteiger partial charge in [0.15, 0.2) is 0 Å². The fourth-order valence-corrected chi connectivity index (χ4v) is 5.85. The normalized spacial score (nSPS) is 14.2. The van der Waals surface area contributed by atoms with Crippen LogP contribution >= 0.6 is 0 Å². The molecule has 0 spiro atoms. The Morgan fingerprint density at radius 1 is 0.719 bits per heavy atom. The van der Waals surface area contributed by atoms with Gasteiger partial charge in [0.05, 0.1) is 22.9 Å². The average Bonchev–Trinajstić information content (AvgIpc) is 3.16. The van der Waals surface area contributed by atoms with Crippen molar-refractivity contribution in [3.05, 3.63) is 108 Å². The van der Waals surface area contributed by atoms with E-state index in [2.05, 4.69) is 102 Å². The standard InChI is InChI=1S/C30H22N2/c1-30(2)23-13-5-3-11-21(23)29-27-19(9-7-14-24(27)30)17-26-28(29)22-12-4-6-15-25(22)32(26)20-10-8-16-31-18-20/h3-18H,1-2H3. The lowest BCUT2D eigenvalue weighted by Crippen LogP contribution is -2.23. The topological polar surface area (TPSA) is 17.8 Å². The molecular formula is C30H22N2. The monoisotopic (exact) mass is 410 g/mol. The number of hydrogen-bond acceptors (Lipinski definition) is 1. The average molecular weight is 411 g/mol. The third-order valence-corrected chi connectivity index (χ3v) is 7.25. The lowest BCUT2D eigenvalue weighted by molar-refractivity contribution is 0.645. The van der Waals surface area contributed by atoms with Crippen LogP contribution in [0.15, 0.2) is 97.3 Å².